The summed E-state index contributed by atoms with van der Waals surface area (Å²) >= 11 is 0. The number of cyclic esters (lactones) is 1. The van der Waals surface area contributed by atoms with Crippen molar-refractivity contribution in [3.05, 3.63) is 35.4 Å². The van der Waals surface area contributed by atoms with E-state index < -0.39 is 17.4 Å². The number of esters is 2. The van der Waals surface area contributed by atoms with Crippen LogP contribution in [0.2, 0.25) is 0 Å². The molecule has 1 saturated heterocycles. The minimum absolute atomic E-state index is 0.142. The first-order valence-electron chi connectivity index (χ1n) is 8.24. The van der Waals surface area contributed by atoms with Gasteiger partial charge in [-0.3, -0.25) is 24.1 Å². The van der Waals surface area contributed by atoms with Crippen molar-refractivity contribution in [2.75, 3.05) is 20.3 Å². The van der Waals surface area contributed by atoms with Crippen molar-refractivity contribution in [2.24, 2.45) is 17.3 Å². The summed E-state index contributed by atoms with van der Waals surface area (Å²) in [6.45, 7) is 0.494. The first-order chi connectivity index (χ1) is 12.0. The van der Waals surface area contributed by atoms with E-state index in [2.05, 4.69) is 0 Å². The van der Waals surface area contributed by atoms with Gasteiger partial charge in [0.15, 0.2) is 5.41 Å². The van der Waals surface area contributed by atoms with E-state index >= 15 is 0 Å². The Hall–Kier alpha value is -2.70. The van der Waals surface area contributed by atoms with Crippen molar-refractivity contribution >= 4 is 23.8 Å². The van der Waals surface area contributed by atoms with Gasteiger partial charge in [0.1, 0.15) is 0 Å². The summed E-state index contributed by atoms with van der Waals surface area (Å²) in [6, 6.07) is 6.74. The summed E-state index contributed by atoms with van der Waals surface area (Å²) in [5.41, 5.74) is -0.327. The maximum atomic E-state index is 12.3. The topological polar surface area (TPSA) is 90.0 Å². The van der Waals surface area contributed by atoms with E-state index in [1.165, 1.54) is 12.0 Å². The van der Waals surface area contributed by atoms with Crippen LogP contribution in [0.3, 0.4) is 0 Å². The third-order valence-corrected chi connectivity index (χ3v) is 5.58. The molecule has 1 aromatic rings. The number of fused-ring (bicyclic) bond motifs is 2. The van der Waals surface area contributed by atoms with Crippen LogP contribution in [0.1, 0.15) is 33.6 Å². The minimum Gasteiger partial charge on any atom is -0.468 e. The molecule has 3 aliphatic rings. The quantitative estimate of drug-likeness (QED) is 0.450. The third kappa shape index (κ3) is 1.98. The molecule has 1 aromatic carbocycles. The van der Waals surface area contributed by atoms with Gasteiger partial charge in [-0.1, -0.05) is 12.1 Å². The summed E-state index contributed by atoms with van der Waals surface area (Å²) in [6.07, 6.45) is 1.08. The number of amides is 2. The monoisotopic (exact) mass is 343 g/mol. The SMILES string of the molecule is COC(=O)[C@]12C(=O)OC[C@H]1[C@H]2CCCN1C(=O)c2ccccc2C1=O. The van der Waals surface area contributed by atoms with E-state index in [0.717, 1.165) is 0 Å². The van der Waals surface area contributed by atoms with E-state index in [0.29, 0.717) is 24.0 Å². The lowest BCUT2D eigenvalue weighted by Crippen LogP contribution is -2.31. The van der Waals surface area contributed by atoms with Crippen LogP contribution in [0.15, 0.2) is 24.3 Å². The van der Waals surface area contributed by atoms with E-state index in [4.69, 9.17) is 9.47 Å². The Balaban J connectivity index is 1.40. The van der Waals surface area contributed by atoms with Crippen LogP contribution in [0, 0.1) is 17.3 Å². The molecule has 7 nitrogen and oxygen atoms in total. The molecule has 2 heterocycles. The van der Waals surface area contributed by atoms with Crippen molar-refractivity contribution in [1.29, 1.82) is 0 Å². The number of rotatable bonds is 5. The summed E-state index contributed by atoms with van der Waals surface area (Å²) in [5, 5.41) is 0. The summed E-state index contributed by atoms with van der Waals surface area (Å²) in [7, 11) is 1.26. The molecule has 1 aliphatic carbocycles. The van der Waals surface area contributed by atoms with E-state index in [1.807, 2.05) is 0 Å². The zero-order valence-electron chi connectivity index (χ0n) is 13.7. The fourth-order valence-electron chi connectivity index (χ4n) is 4.27. The molecule has 2 fully saturated rings. The van der Waals surface area contributed by atoms with Crippen LogP contribution in [0.4, 0.5) is 0 Å². The lowest BCUT2D eigenvalue weighted by atomic mass is 10.0. The zero-order valence-corrected chi connectivity index (χ0v) is 13.7. The average molecular weight is 343 g/mol. The number of benzene rings is 1. The Labute approximate surface area is 143 Å². The number of hydrogen-bond acceptors (Lipinski definition) is 6. The molecule has 4 rings (SSSR count). The highest BCUT2D eigenvalue weighted by atomic mass is 16.6. The second-order valence-corrected chi connectivity index (χ2v) is 6.62. The Morgan fingerprint density at radius 1 is 1.24 bits per heavy atom. The van der Waals surface area contributed by atoms with Crippen molar-refractivity contribution < 1.29 is 28.7 Å². The molecule has 0 radical (unpaired) electrons. The molecule has 3 atom stereocenters. The first-order valence-corrected chi connectivity index (χ1v) is 8.24. The van der Waals surface area contributed by atoms with Crippen LogP contribution in [0.25, 0.3) is 0 Å². The molecule has 0 unspecified atom stereocenters. The van der Waals surface area contributed by atoms with E-state index in [9.17, 15) is 19.2 Å². The second-order valence-electron chi connectivity index (χ2n) is 6.62. The lowest BCUT2D eigenvalue weighted by Gasteiger charge is -2.15. The lowest BCUT2D eigenvalue weighted by molar-refractivity contribution is -0.159. The highest BCUT2D eigenvalue weighted by molar-refractivity contribution is 6.21. The number of imide groups is 1. The van der Waals surface area contributed by atoms with Crippen molar-refractivity contribution in [3.8, 4) is 0 Å². The molecule has 0 spiro atoms. The van der Waals surface area contributed by atoms with Gasteiger partial charge in [0.2, 0.25) is 0 Å². The number of methoxy groups -OCH3 is 1. The number of carbonyl (C=O) groups excluding carboxylic acids is 4. The van der Waals surface area contributed by atoms with Crippen molar-refractivity contribution in [1.82, 2.24) is 4.90 Å². The molecule has 0 N–H and O–H groups in total. The van der Waals surface area contributed by atoms with Gasteiger partial charge in [-0.05, 0) is 30.9 Å². The molecule has 25 heavy (non-hydrogen) atoms. The zero-order chi connectivity index (χ0) is 17.8. The van der Waals surface area contributed by atoms with E-state index in [1.54, 1.807) is 24.3 Å². The minimum atomic E-state index is -1.17. The highest BCUT2D eigenvalue weighted by Crippen LogP contribution is 2.65. The van der Waals surface area contributed by atoms with Crippen molar-refractivity contribution in [2.45, 2.75) is 12.8 Å². The second kappa shape index (κ2) is 5.40. The van der Waals surface area contributed by atoms with Gasteiger partial charge >= 0.3 is 11.9 Å². The fraction of sp³-hybridized carbons (Fsp3) is 0.444. The smallest absolute Gasteiger partial charge is 0.324 e. The van der Waals surface area contributed by atoms with Gasteiger partial charge in [0.05, 0.1) is 24.8 Å². The Kier molecular flexibility index (Phi) is 3.42. The van der Waals surface area contributed by atoms with Crippen LogP contribution >= 0.6 is 0 Å². The largest absolute Gasteiger partial charge is 0.468 e. The normalized spacial score (nSPS) is 29.3. The van der Waals surface area contributed by atoms with Crippen molar-refractivity contribution in [3.63, 3.8) is 0 Å². The predicted octanol–water partition coefficient (Wildman–Crippen LogP) is 1.02. The van der Waals surface area contributed by atoms with Gasteiger partial charge in [-0.25, -0.2) is 0 Å². The number of hydrogen-bond donors (Lipinski definition) is 0. The maximum Gasteiger partial charge on any atom is 0.324 e. The molecule has 7 heteroatoms. The van der Waals surface area contributed by atoms with Gasteiger partial charge < -0.3 is 9.47 Å². The molecule has 2 amide bonds. The van der Waals surface area contributed by atoms with Crippen LogP contribution in [-0.2, 0) is 19.1 Å². The summed E-state index contributed by atoms with van der Waals surface area (Å²) < 4.78 is 9.75. The van der Waals surface area contributed by atoms with Gasteiger partial charge in [0.25, 0.3) is 11.8 Å². The summed E-state index contributed by atoms with van der Waals surface area (Å²) in [5.74, 6) is -1.95. The molecule has 130 valence electrons. The number of carbonyl (C=O) groups is 4. The van der Waals surface area contributed by atoms with Gasteiger partial charge in [-0.15, -0.1) is 0 Å². The average Bonchev–Trinajstić information content (AvgIpc) is 3.05. The number of nitrogens with zero attached hydrogens (tertiary/aromatic N) is 1. The Morgan fingerprint density at radius 2 is 1.88 bits per heavy atom. The first kappa shape index (κ1) is 15.8. The molecule has 1 saturated carbocycles. The molecular formula is C18H17NO6. The molecule has 2 aliphatic heterocycles. The standard InChI is InChI=1S/C18H17NO6/c1-24-16(22)18-12(13(18)9-25-17(18)23)7-4-8-19-14(20)10-5-2-3-6-11(10)15(19)21/h2-3,5-6,12-13H,4,7-9H2,1H3/t12-,13+,18-/m1/s1. The molecule has 0 bridgehead atoms. The van der Waals surface area contributed by atoms with Gasteiger partial charge in [0, 0.05) is 12.5 Å². The van der Waals surface area contributed by atoms with Crippen LogP contribution in [0.5, 0.6) is 0 Å². The highest BCUT2D eigenvalue weighted by Gasteiger charge is 2.79. The van der Waals surface area contributed by atoms with Crippen LogP contribution < -0.4 is 0 Å². The summed E-state index contributed by atoms with van der Waals surface area (Å²) in [4.78, 5) is 49.9. The Morgan fingerprint density at radius 3 is 2.48 bits per heavy atom. The van der Waals surface area contributed by atoms with Gasteiger partial charge in [-0.2, -0.15) is 0 Å². The molecular weight excluding hydrogens is 326 g/mol. The van der Waals surface area contributed by atoms with E-state index in [-0.39, 0.29) is 36.8 Å². The maximum absolute atomic E-state index is 12.3. The Bertz CT molecular complexity index is 768. The van der Waals surface area contributed by atoms with Crippen LogP contribution in [-0.4, -0.2) is 48.9 Å². The predicted molar refractivity (Wildman–Crippen MR) is 83.4 cm³/mol. The third-order valence-electron chi connectivity index (χ3n) is 5.58. The fourth-order valence-corrected chi connectivity index (χ4v) is 4.27. The number of ether oxygens (including phenoxy) is 2. The molecule has 0 aromatic heterocycles.